The number of rotatable bonds is 3. The number of hydrogen-bond donors (Lipinski definition) is 1. The molecule has 18 heavy (non-hydrogen) atoms. The van der Waals surface area contributed by atoms with Crippen LogP contribution in [0.4, 0.5) is 0 Å². The van der Waals surface area contributed by atoms with E-state index in [0.717, 1.165) is 24.2 Å². The first kappa shape index (κ1) is 12.1. The van der Waals surface area contributed by atoms with Crippen LogP contribution in [-0.4, -0.2) is 18.3 Å². The van der Waals surface area contributed by atoms with Crippen molar-refractivity contribution < 1.29 is 0 Å². The van der Waals surface area contributed by atoms with E-state index < -0.39 is 0 Å². The lowest BCUT2D eigenvalue weighted by Gasteiger charge is -2.12. The van der Waals surface area contributed by atoms with Crippen LogP contribution in [0.2, 0.25) is 0 Å². The zero-order valence-electron chi connectivity index (χ0n) is 10.6. The van der Waals surface area contributed by atoms with Crippen molar-refractivity contribution in [1.82, 2.24) is 5.32 Å². The summed E-state index contributed by atoms with van der Waals surface area (Å²) in [5.74, 6) is 0.879. The third-order valence-electron chi connectivity index (χ3n) is 3.84. The van der Waals surface area contributed by atoms with Gasteiger partial charge in [0.25, 0.3) is 0 Å². The van der Waals surface area contributed by atoms with Crippen LogP contribution in [-0.2, 0) is 0 Å². The van der Waals surface area contributed by atoms with Crippen LogP contribution in [0.5, 0.6) is 0 Å². The second kappa shape index (κ2) is 5.79. The standard InChI is InChI=1S/C15H20N2S/c1-2-8-13(9-3-1)14-11-17-15(18-14)16-10-12-6-4-5-7-12/h1-3,8-9,12,14H,4-7,10-11H2,(H,16,17). The molecule has 1 aromatic carbocycles. The van der Waals surface area contributed by atoms with Gasteiger partial charge in [0.2, 0.25) is 0 Å². The maximum Gasteiger partial charge on any atom is 0.157 e. The molecule has 1 N–H and O–H groups in total. The van der Waals surface area contributed by atoms with E-state index in [1.165, 1.54) is 31.2 Å². The fourth-order valence-electron chi connectivity index (χ4n) is 2.76. The monoisotopic (exact) mass is 260 g/mol. The Morgan fingerprint density at radius 3 is 2.72 bits per heavy atom. The highest BCUT2D eigenvalue weighted by atomic mass is 32.2. The quantitative estimate of drug-likeness (QED) is 0.898. The third-order valence-corrected chi connectivity index (χ3v) is 5.05. The Morgan fingerprint density at radius 2 is 1.94 bits per heavy atom. The summed E-state index contributed by atoms with van der Waals surface area (Å²) in [5.41, 5.74) is 1.39. The van der Waals surface area contributed by atoms with Gasteiger partial charge in [0.15, 0.2) is 5.17 Å². The highest BCUT2D eigenvalue weighted by Crippen LogP contribution is 2.34. The molecule has 2 nitrogen and oxygen atoms in total. The van der Waals surface area contributed by atoms with E-state index in [0.29, 0.717) is 5.25 Å². The highest BCUT2D eigenvalue weighted by Gasteiger charge is 2.22. The van der Waals surface area contributed by atoms with Crippen molar-refractivity contribution in [3.05, 3.63) is 35.9 Å². The molecule has 1 saturated carbocycles. The maximum atomic E-state index is 4.62. The summed E-state index contributed by atoms with van der Waals surface area (Å²) in [7, 11) is 0. The molecule has 1 fully saturated rings. The lowest BCUT2D eigenvalue weighted by molar-refractivity contribution is 0.537. The zero-order valence-corrected chi connectivity index (χ0v) is 11.5. The molecule has 0 aromatic heterocycles. The molecule has 1 aliphatic carbocycles. The smallest absolute Gasteiger partial charge is 0.157 e. The van der Waals surface area contributed by atoms with Gasteiger partial charge in [0.1, 0.15) is 0 Å². The highest BCUT2D eigenvalue weighted by molar-refractivity contribution is 8.14. The molecule has 0 spiro atoms. The third kappa shape index (κ3) is 2.89. The van der Waals surface area contributed by atoms with Gasteiger partial charge in [-0.15, -0.1) is 0 Å². The second-order valence-corrected chi connectivity index (χ2v) is 6.39. The molecule has 0 bridgehead atoms. The van der Waals surface area contributed by atoms with Crippen molar-refractivity contribution >= 4 is 16.9 Å². The molecule has 0 saturated heterocycles. The van der Waals surface area contributed by atoms with E-state index in [9.17, 15) is 0 Å². The van der Waals surface area contributed by atoms with Gasteiger partial charge in [-0.25, -0.2) is 0 Å². The first-order chi connectivity index (χ1) is 8.92. The fourth-order valence-corrected chi connectivity index (χ4v) is 3.79. The van der Waals surface area contributed by atoms with Crippen LogP contribution in [0.15, 0.2) is 35.3 Å². The number of thioether (sulfide) groups is 1. The maximum absolute atomic E-state index is 4.62. The molecular formula is C15H20N2S. The van der Waals surface area contributed by atoms with E-state index in [4.69, 9.17) is 0 Å². The first-order valence-electron chi connectivity index (χ1n) is 6.92. The Bertz CT molecular complexity index is 410. The molecule has 1 unspecified atom stereocenters. The Labute approximate surface area is 113 Å². The Morgan fingerprint density at radius 1 is 1.17 bits per heavy atom. The summed E-state index contributed by atoms with van der Waals surface area (Å²) < 4.78 is 0. The van der Waals surface area contributed by atoms with E-state index in [1.54, 1.807) is 0 Å². The molecule has 1 aliphatic heterocycles. The van der Waals surface area contributed by atoms with Gasteiger partial charge in [-0.2, -0.15) is 0 Å². The SMILES string of the molecule is c1ccc(C2CN=C(NCC3CCCC3)S2)cc1. The lowest BCUT2D eigenvalue weighted by atomic mass is 10.1. The lowest BCUT2D eigenvalue weighted by Crippen LogP contribution is -2.25. The molecule has 2 aliphatic rings. The van der Waals surface area contributed by atoms with Crippen molar-refractivity contribution in [2.75, 3.05) is 13.1 Å². The fraction of sp³-hybridized carbons (Fsp3) is 0.533. The van der Waals surface area contributed by atoms with Crippen molar-refractivity contribution in [2.24, 2.45) is 10.9 Å². The van der Waals surface area contributed by atoms with Gasteiger partial charge < -0.3 is 5.32 Å². The minimum Gasteiger partial charge on any atom is -0.365 e. The zero-order chi connectivity index (χ0) is 12.2. The molecule has 0 amide bonds. The molecule has 3 rings (SSSR count). The van der Waals surface area contributed by atoms with E-state index in [1.807, 2.05) is 11.8 Å². The normalized spacial score (nSPS) is 24.2. The van der Waals surface area contributed by atoms with Gasteiger partial charge in [0.05, 0.1) is 11.8 Å². The summed E-state index contributed by atoms with van der Waals surface area (Å²) in [4.78, 5) is 4.62. The summed E-state index contributed by atoms with van der Waals surface area (Å²) >= 11 is 1.89. The average molecular weight is 260 g/mol. The minimum absolute atomic E-state index is 0.511. The van der Waals surface area contributed by atoms with Crippen LogP contribution in [0.3, 0.4) is 0 Å². The van der Waals surface area contributed by atoms with Crippen molar-refractivity contribution in [1.29, 1.82) is 0 Å². The Hall–Kier alpha value is -0.960. The van der Waals surface area contributed by atoms with E-state index in [2.05, 4.69) is 40.6 Å². The van der Waals surface area contributed by atoms with E-state index >= 15 is 0 Å². The number of nitrogens with zero attached hydrogens (tertiary/aromatic N) is 1. The van der Waals surface area contributed by atoms with Gasteiger partial charge >= 0.3 is 0 Å². The van der Waals surface area contributed by atoms with Crippen molar-refractivity contribution in [3.8, 4) is 0 Å². The number of nitrogens with one attached hydrogen (secondary N) is 1. The molecule has 0 radical (unpaired) electrons. The van der Waals surface area contributed by atoms with Gasteiger partial charge in [-0.1, -0.05) is 54.9 Å². The second-order valence-electron chi connectivity index (χ2n) is 5.19. The van der Waals surface area contributed by atoms with Crippen LogP contribution in [0, 0.1) is 5.92 Å². The van der Waals surface area contributed by atoms with Crippen LogP contribution < -0.4 is 5.32 Å². The number of hydrogen-bond acceptors (Lipinski definition) is 3. The number of amidine groups is 1. The topological polar surface area (TPSA) is 24.4 Å². The first-order valence-corrected chi connectivity index (χ1v) is 7.80. The predicted octanol–water partition coefficient (Wildman–Crippen LogP) is 3.61. The van der Waals surface area contributed by atoms with Crippen LogP contribution in [0.25, 0.3) is 0 Å². The largest absolute Gasteiger partial charge is 0.365 e. The van der Waals surface area contributed by atoms with E-state index in [-0.39, 0.29) is 0 Å². The minimum atomic E-state index is 0.511. The molecular weight excluding hydrogens is 240 g/mol. The predicted molar refractivity (Wildman–Crippen MR) is 79.0 cm³/mol. The van der Waals surface area contributed by atoms with Gasteiger partial charge in [-0.05, 0) is 24.3 Å². The summed E-state index contributed by atoms with van der Waals surface area (Å²) in [5, 5.41) is 5.20. The summed E-state index contributed by atoms with van der Waals surface area (Å²) in [6.07, 6.45) is 5.62. The molecule has 1 aromatic rings. The van der Waals surface area contributed by atoms with Crippen molar-refractivity contribution in [3.63, 3.8) is 0 Å². The van der Waals surface area contributed by atoms with Gasteiger partial charge in [0, 0.05) is 6.54 Å². The van der Waals surface area contributed by atoms with Crippen LogP contribution in [0.1, 0.15) is 36.5 Å². The molecule has 96 valence electrons. The summed E-state index contributed by atoms with van der Waals surface area (Å²) in [6, 6.07) is 10.7. The molecule has 3 heteroatoms. The Balaban J connectivity index is 1.49. The summed E-state index contributed by atoms with van der Waals surface area (Å²) in [6.45, 7) is 2.04. The van der Waals surface area contributed by atoms with Crippen LogP contribution >= 0.6 is 11.8 Å². The van der Waals surface area contributed by atoms with Gasteiger partial charge in [-0.3, -0.25) is 4.99 Å². The van der Waals surface area contributed by atoms with Crippen molar-refractivity contribution in [2.45, 2.75) is 30.9 Å². The average Bonchev–Trinajstić information content (AvgIpc) is 3.09. The number of benzene rings is 1. The number of aliphatic imine (C=N–C) groups is 1. The Kier molecular flexibility index (Phi) is 3.89. The molecule has 1 atom stereocenters. The molecule has 1 heterocycles.